The van der Waals surface area contributed by atoms with Crippen LogP contribution in [0.3, 0.4) is 0 Å². The lowest BCUT2D eigenvalue weighted by atomic mass is 10.2. The zero-order valence-corrected chi connectivity index (χ0v) is 14.2. The number of sulfone groups is 1. The van der Waals surface area contributed by atoms with Gasteiger partial charge in [-0.25, -0.2) is 22.4 Å². The number of rotatable bonds is 4. The van der Waals surface area contributed by atoms with E-state index in [1.54, 1.807) is 4.90 Å². The van der Waals surface area contributed by atoms with Crippen molar-refractivity contribution >= 4 is 22.0 Å². The quantitative estimate of drug-likeness (QED) is 0.775. The first kappa shape index (κ1) is 17.5. The average molecular weight is 371 g/mol. The Morgan fingerprint density at radius 1 is 1.28 bits per heavy atom. The normalized spacial score (nSPS) is 20.2. The van der Waals surface area contributed by atoms with E-state index in [9.17, 15) is 22.4 Å². The summed E-state index contributed by atoms with van der Waals surface area (Å²) in [6, 6.07) is 4.01. The standard InChI is InChI=1S/C15H18FN3O5S/c16-11-1-3-13(4-2-11)25(22,23)8-5-17-14(20)18-6-7-19-12(9-18)10-24-15(19)21/h1-4,12H,5-10H2,(H,17,20)/t12-/m0/s1. The molecule has 0 saturated carbocycles. The number of halogens is 1. The van der Waals surface area contributed by atoms with Crippen molar-refractivity contribution in [1.82, 2.24) is 15.1 Å². The maximum atomic E-state index is 12.9. The van der Waals surface area contributed by atoms with Gasteiger partial charge in [0.2, 0.25) is 0 Å². The van der Waals surface area contributed by atoms with Gasteiger partial charge in [-0.3, -0.25) is 4.90 Å². The second-order valence-electron chi connectivity index (χ2n) is 5.87. The van der Waals surface area contributed by atoms with Gasteiger partial charge in [0.1, 0.15) is 12.4 Å². The molecular formula is C15H18FN3O5S. The maximum Gasteiger partial charge on any atom is 0.410 e. The molecule has 25 heavy (non-hydrogen) atoms. The zero-order valence-electron chi connectivity index (χ0n) is 13.4. The molecule has 2 aliphatic heterocycles. The first-order valence-corrected chi connectivity index (χ1v) is 9.46. The number of nitrogens with one attached hydrogen (secondary N) is 1. The lowest BCUT2D eigenvalue weighted by molar-refractivity contribution is 0.127. The SMILES string of the molecule is O=C(NCCS(=O)(=O)c1ccc(F)cc1)N1CCN2C(=O)OC[C@@H]2C1. The number of hydrogen-bond donors (Lipinski definition) is 1. The van der Waals surface area contributed by atoms with E-state index in [-0.39, 0.29) is 42.0 Å². The number of piperazine rings is 1. The zero-order chi connectivity index (χ0) is 18.0. The van der Waals surface area contributed by atoms with Crippen molar-refractivity contribution in [3.05, 3.63) is 30.1 Å². The second-order valence-corrected chi connectivity index (χ2v) is 7.98. The van der Waals surface area contributed by atoms with E-state index in [1.165, 1.54) is 17.0 Å². The molecule has 2 fully saturated rings. The van der Waals surface area contributed by atoms with Gasteiger partial charge in [0, 0.05) is 26.2 Å². The van der Waals surface area contributed by atoms with E-state index in [0.29, 0.717) is 19.6 Å². The molecule has 0 radical (unpaired) electrons. The molecular weight excluding hydrogens is 353 g/mol. The maximum absolute atomic E-state index is 12.9. The third-order valence-electron chi connectivity index (χ3n) is 4.22. The molecule has 136 valence electrons. The van der Waals surface area contributed by atoms with Crippen LogP contribution in [0, 0.1) is 5.82 Å². The number of carbonyl (C=O) groups is 2. The van der Waals surface area contributed by atoms with Gasteiger partial charge in [0.25, 0.3) is 0 Å². The summed E-state index contributed by atoms with van der Waals surface area (Å²) in [5.41, 5.74) is 0. The molecule has 0 bridgehead atoms. The topological polar surface area (TPSA) is 96.0 Å². The predicted molar refractivity (Wildman–Crippen MR) is 85.3 cm³/mol. The molecule has 8 nitrogen and oxygen atoms in total. The predicted octanol–water partition coefficient (Wildman–Crippen LogP) is 0.445. The van der Waals surface area contributed by atoms with Gasteiger partial charge in [-0.2, -0.15) is 0 Å². The van der Waals surface area contributed by atoms with Crippen LogP contribution < -0.4 is 5.32 Å². The average Bonchev–Trinajstić information content (AvgIpc) is 2.95. The summed E-state index contributed by atoms with van der Waals surface area (Å²) in [7, 11) is -3.60. The fourth-order valence-corrected chi connectivity index (χ4v) is 3.99. The number of amides is 3. The molecule has 0 unspecified atom stereocenters. The minimum absolute atomic E-state index is 0.0124. The summed E-state index contributed by atoms with van der Waals surface area (Å²) in [5, 5.41) is 2.57. The molecule has 1 aromatic carbocycles. The third kappa shape index (κ3) is 3.84. The molecule has 2 heterocycles. The number of benzene rings is 1. The van der Waals surface area contributed by atoms with Crippen LogP contribution in [0.5, 0.6) is 0 Å². The van der Waals surface area contributed by atoms with E-state index in [1.807, 2.05) is 0 Å². The largest absolute Gasteiger partial charge is 0.447 e. The van der Waals surface area contributed by atoms with Crippen molar-refractivity contribution in [2.75, 3.05) is 38.5 Å². The number of cyclic esters (lactones) is 1. The Morgan fingerprint density at radius 3 is 2.72 bits per heavy atom. The van der Waals surface area contributed by atoms with Crippen LogP contribution in [-0.4, -0.2) is 74.9 Å². The van der Waals surface area contributed by atoms with Crippen molar-refractivity contribution in [2.45, 2.75) is 10.9 Å². The number of ether oxygens (including phenoxy) is 1. The van der Waals surface area contributed by atoms with Crippen LogP contribution in [0.1, 0.15) is 0 Å². The van der Waals surface area contributed by atoms with E-state index < -0.39 is 15.7 Å². The fraction of sp³-hybridized carbons (Fsp3) is 0.467. The molecule has 10 heteroatoms. The highest BCUT2D eigenvalue weighted by Gasteiger charge is 2.38. The minimum Gasteiger partial charge on any atom is -0.447 e. The molecule has 1 N–H and O–H groups in total. The summed E-state index contributed by atoms with van der Waals surface area (Å²) in [5.74, 6) is -0.796. The van der Waals surface area contributed by atoms with Crippen molar-refractivity contribution in [2.24, 2.45) is 0 Å². The van der Waals surface area contributed by atoms with Crippen LogP contribution in [0.2, 0.25) is 0 Å². The summed E-state index contributed by atoms with van der Waals surface area (Å²) < 4.78 is 42.1. The molecule has 1 atom stereocenters. The van der Waals surface area contributed by atoms with E-state index in [4.69, 9.17) is 4.74 Å². The van der Waals surface area contributed by atoms with Crippen LogP contribution in [0.4, 0.5) is 14.0 Å². The Balaban J connectivity index is 1.49. The molecule has 3 rings (SSSR count). The molecule has 1 aromatic rings. The van der Waals surface area contributed by atoms with Gasteiger partial charge in [0.05, 0.1) is 16.7 Å². The van der Waals surface area contributed by atoms with Crippen molar-refractivity contribution in [3.63, 3.8) is 0 Å². The highest BCUT2D eigenvalue weighted by Crippen LogP contribution is 2.17. The Bertz CT molecular complexity index is 768. The van der Waals surface area contributed by atoms with Gasteiger partial charge in [-0.15, -0.1) is 0 Å². The van der Waals surface area contributed by atoms with E-state index in [2.05, 4.69) is 5.32 Å². The van der Waals surface area contributed by atoms with Gasteiger partial charge in [-0.05, 0) is 24.3 Å². The number of hydrogen-bond acceptors (Lipinski definition) is 5. The summed E-state index contributed by atoms with van der Waals surface area (Å²) >= 11 is 0. The third-order valence-corrected chi connectivity index (χ3v) is 5.96. The molecule has 0 aliphatic carbocycles. The molecule has 2 saturated heterocycles. The Morgan fingerprint density at radius 2 is 2.00 bits per heavy atom. The molecule has 0 spiro atoms. The van der Waals surface area contributed by atoms with Crippen LogP contribution in [0.25, 0.3) is 0 Å². The van der Waals surface area contributed by atoms with E-state index in [0.717, 1.165) is 12.1 Å². The Labute approximate surface area is 144 Å². The summed E-state index contributed by atoms with van der Waals surface area (Å²) in [6.07, 6.45) is -0.365. The van der Waals surface area contributed by atoms with Crippen LogP contribution >= 0.6 is 0 Å². The minimum atomic E-state index is -3.60. The number of urea groups is 1. The smallest absolute Gasteiger partial charge is 0.410 e. The van der Waals surface area contributed by atoms with Gasteiger partial charge in [-0.1, -0.05) is 0 Å². The molecule has 0 aromatic heterocycles. The van der Waals surface area contributed by atoms with Gasteiger partial charge in [0.15, 0.2) is 9.84 Å². The van der Waals surface area contributed by atoms with E-state index >= 15 is 0 Å². The summed E-state index contributed by atoms with van der Waals surface area (Å²) in [6.45, 7) is 1.30. The highest BCUT2D eigenvalue weighted by atomic mass is 32.2. The Hall–Kier alpha value is -2.36. The van der Waals surface area contributed by atoms with Crippen molar-refractivity contribution in [1.29, 1.82) is 0 Å². The lowest BCUT2D eigenvalue weighted by Crippen LogP contribution is -2.56. The van der Waals surface area contributed by atoms with Crippen LogP contribution in [-0.2, 0) is 14.6 Å². The van der Waals surface area contributed by atoms with Crippen molar-refractivity contribution < 1.29 is 27.1 Å². The molecule has 2 aliphatic rings. The number of fused-ring (bicyclic) bond motifs is 1. The molecule has 3 amide bonds. The summed E-state index contributed by atoms with van der Waals surface area (Å²) in [4.78, 5) is 26.7. The first-order chi connectivity index (χ1) is 11.9. The van der Waals surface area contributed by atoms with Crippen LogP contribution in [0.15, 0.2) is 29.2 Å². The number of carbonyl (C=O) groups excluding carboxylic acids is 2. The lowest BCUT2D eigenvalue weighted by Gasteiger charge is -2.35. The highest BCUT2D eigenvalue weighted by molar-refractivity contribution is 7.91. The first-order valence-electron chi connectivity index (χ1n) is 7.81. The van der Waals surface area contributed by atoms with Gasteiger partial charge >= 0.3 is 12.1 Å². The van der Waals surface area contributed by atoms with Crippen molar-refractivity contribution in [3.8, 4) is 0 Å². The van der Waals surface area contributed by atoms with Gasteiger partial charge < -0.3 is 15.0 Å². The monoisotopic (exact) mass is 371 g/mol. The number of nitrogens with zero attached hydrogens (tertiary/aromatic N) is 2. The second kappa shape index (κ2) is 6.87. The fourth-order valence-electron chi connectivity index (χ4n) is 2.84. The Kier molecular flexibility index (Phi) is 4.80.